The molecule has 4 aliphatic rings. The van der Waals surface area contributed by atoms with E-state index in [1.165, 1.54) is 36.1 Å². The van der Waals surface area contributed by atoms with Crippen molar-refractivity contribution in [3.63, 3.8) is 0 Å². The van der Waals surface area contributed by atoms with Crippen molar-refractivity contribution in [3.05, 3.63) is 136 Å². The number of carboxylic acids is 2. The number of likely N-dealkylation sites (N-methyl/N-ethyl adjacent to an activating group) is 2. The van der Waals surface area contributed by atoms with Gasteiger partial charge in [-0.2, -0.15) is 0 Å². The first kappa shape index (κ1) is 122. The number of carbonyl (C=O) groups is 11. The number of para-hydroxylation sites is 1. The quantitative estimate of drug-likeness (QED) is 0.0163. The number of unbranched alkanes of at least 4 members (excludes halogenated alkanes) is 1. The zero-order valence-electron chi connectivity index (χ0n) is 87.1. The molecule has 41 nitrogen and oxygen atoms in total. The van der Waals surface area contributed by atoms with E-state index < -0.39 is 132 Å². The number of amides is 9. The summed E-state index contributed by atoms with van der Waals surface area (Å²) in [5.74, 6) is -6.74. The van der Waals surface area contributed by atoms with Crippen LogP contribution in [0.2, 0.25) is 0 Å². The maximum atomic E-state index is 14.5. The number of likely N-dealkylation sites (tertiary alicyclic amines) is 1. The highest BCUT2D eigenvalue weighted by Crippen LogP contribution is 2.47. The van der Waals surface area contributed by atoms with Crippen LogP contribution < -0.4 is 46.9 Å². The van der Waals surface area contributed by atoms with Gasteiger partial charge >= 0.3 is 18.0 Å². The molecule has 0 aromatic heterocycles. The van der Waals surface area contributed by atoms with Crippen molar-refractivity contribution in [2.45, 2.75) is 212 Å². The number of hydrogen-bond donors (Lipinski definition) is 12. The normalized spacial score (nSPS) is 18.0. The number of aliphatic hydroxyl groups excluding tert-OH is 3. The summed E-state index contributed by atoms with van der Waals surface area (Å²) in [6.45, 7) is 23.4. The van der Waals surface area contributed by atoms with Gasteiger partial charge < -0.3 is 143 Å². The van der Waals surface area contributed by atoms with Gasteiger partial charge in [0.2, 0.25) is 53.5 Å². The van der Waals surface area contributed by atoms with Gasteiger partial charge in [0, 0.05) is 101 Å². The number of rotatable bonds is 67. The Morgan fingerprint density at radius 2 is 1.10 bits per heavy atom. The lowest BCUT2D eigenvalue weighted by Gasteiger charge is -2.45. The number of hydrogen-bond acceptors (Lipinski definition) is 30. The number of aliphatic hydroxyl groups is 3. The van der Waals surface area contributed by atoms with Gasteiger partial charge in [0.1, 0.15) is 42.8 Å². The average molecular weight is 2070 g/mol. The number of methoxy groups -OCH3 is 1. The lowest BCUT2D eigenvalue weighted by molar-refractivity contribution is -0.271. The maximum absolute atomic E-state index is 14.5. The number of anilines is 2. The number of nitrogens with zero attached hydrogens (tertiary/aromatic N) is 3. The van der Waals surface area contributed by atoms with Crippen molar-refractivity contribution in [1.29, 1.82) is 0 Å². The summed E-state index contributed by atoms with van der Waals surface area (Å²) in [7, 11) is 4.80. The number of carbonyl (C=O) groups excluding carboxylic acids is 9. The molecule has 0 radical (unpaired) electrons. The molecule has 0 unspecified atom stereocenters. The Bertz CT molecular complexity index is 4800. The molecule has 1 saturated carbocycles. The molecule has 3 heterocycles. The first-order valence-electron chi connectivity index (χ1n) is 50.8. The fraction of sp³-hybridized carbons (Fsp3) is 0.632. The zero-order chi connectivity index (χ0) is 107. The van der Waals surface area contributed by atoms with Crippen molar-refractivity contribution in [2.24, 2.45) is 22.7 Å². The van der Waals surface area contributed by atoms with Gasteiger partial charge in [0.05, 0.1) is 176 Å². The summed E-state index contributed by atoms with van der Waals surface area (Å²) in [5.41, 5.74) is 3.35. The van der Waals surface area contributed by atoms with E-state index in [1.54, 1.807) is 45.5 Å². The van der Waals surface area contributed by atoms with Crippen LogP contribution in [0, 0.1) is 22.7 Å². The highest BCUT2D eigenvalue weighted by molar-refractivity contribution is 5.97. The number of nitrogens with one attached hydrogen (secondary N) is 7. The van der Waals surface area contributed by atoms with E-state index in [9.17, 15) is 78.3 Å². The van der Waals surface area contributed by atoms with E-state index in [1.807, 2.05) is 113 Å². The minimum absolute atomic E-state index is 0.000186. The lowest BCUT2D eigenvalue weighted by atomic mass is 9.65. The molecule has 1 spiro atoms. The molecule has 2 saturated heterocycles. The molecule has 3 fully saturated rings. The van der Waals surface area contributed by atoms with Crippen LogP contribution in [0.4, 0.5) is 16.2 Å². The monoisotopic (exact) mass is 2070 g/mol. The summed E-state index contributed by atoms with van der Waals surface area (Å²) in [6, 6.07) is 22.9. The molecular weight excluding hydrogens is 1910 g/mol. The van der Waals surface area contributed by atoms with Crippen LogP contribution in [0.25, 0.3) is 12.2 Å². The molecule has 9 atom stereocenters. The Morgan fingerprint density at radius 1 is 0.565 bits per heavy atom. The Morgan fingerprint density at radius 3 is 1.64 bits per heavy atom. The molecule has 9 amide bonds. The zero-order valence-corrected chi connectivity index (χ0v) is 87.1. The highest BCUT2D eigenvalue weighted by Gasteiger charge is 2.49. The van der Waals surface area contributed by atoms with Crippen molar-refractivity contribution in [1.82, 2.24) is 41.7 Å². The van der Waals surface area contributed by atoms with Gasteiger partial charge in [0.25, 0.3) is 0 Å². The topological polar surface area (TPSA) is 521 Å². The van der Waals surface area contributed by atoms with Gasteiger partial charge in [-0.1, -0.05) is 127 Å². The van der Waals surface area contributed by atoms with Crippen LogP contribution in [0.3, 0.4) is 0 Å². The largest absolute Gasteiger partial charge is 0.479 e. The summed E-state index contributed by atoms with van der Waals surface area (Å²) in [6.07, 6.45) is -0.129. The van der Waals surface area contributed by atoms with Gasteiger partial charge in [-0.3, -0.25) is 43.7 Å². The first-order valence-corrected chi connectivity index (χ1v) is 50.8. The third-order valence-electron chi connectivity index (χ3n) is 26.2. The molecule has 8 rings (SSSR count). The third-order valence-corrected chi connectivity index (χ3v) is 26.2. The molecule has 4 aromatic carbocycles. The van der Waals surface area contributed by atoms with Gasteiger partial charge in [0.15, 0.2) is 6.10 Å². The SMILES string of the molecule is CN[C@H](C(=O)N[C@H](C(=O)N(C)[C@H](/C=C(\C)C(=O)O)C(C)C)C(C)(C)C)C(C)(C)c1cccc(NC(=O)OCc2ccc(O[C@@H]3O[C@H](C(=O)O)[C@@H](O)[C@H](O)[C@H]3O)c(CNC(=O)CCNC(=O)[C@H](CNC(=O)CCOCCOCCOCCOCCOCCOCCOCCOCCOCCOCCOCCOC)NC(=O)C3CCC4(CC3)CCN(C(=O)CCCCC(=O)N3Cc5ccccc5/C=C\c5ccccc53)CC4)c2)c1. The van der Waals surface area contributed by atoms with E-state index >= 15 is 0 Å². The van der Waals surface area contributed by atoms with Gasteiger partial charge in [-0.15, -0.1) is 0 Å². The number of aliphatic carboxylic acids is 2. The maximum Gasteiger partial charge on any atom is 0.411 e. The summed E-state index contributed by atoms with van der Waals surface area (Å²) in [5, 5.41) is 71.6. The van der Waals surface area contributed by atoms with Crippen LogP contribution in [-0.2, 0) is 139 Å². The summed E-state index contributed by atoms with van der Waals surface area (Å²) < 4.78 is 82.9. The van der Waals surface area contributed by atoms with E-state index in [4.69, 9.17) is 71.1 Å². The molecule has 0 bridgehead atoms. The number of carboxylic acid groups (broad SMARTS) is 2. The standard InChI is InChI=1S/C106H158N10O31/c1-72(2)84(65-73(3)100(128)129)114(10)99(127)95(104(4,5)6)113-98(126)94(107-9)105(7,8)80-22-18-23-81(67-80)111-103(132)145-71-74-27-30-85(146-102-92(123)90(121)91(122)93(147-102)101(130)131)79(66-74)68-109-86(117)33-39-108-97(125)82(69-110-87(118)34-42-134-45-46-136-49-50-138-53-54-140-57-58-142-61-62-144-64-63-143-60-59-141-56-55-139-52-51-137-48-47-135-44-43-133-11)112-96(124)77-31-35-106(36-32-77)37-40-115(41-38-106)88(119)25-16-17-26-89(120)116-70-78-21-13-12-19-75(78)28-29-76-20-14-15-24-83(76)116/h12-15,18-24,27-30,65-67,72,77,82,84,90-95,102,107,121-123H,16-17,25-26,31-64,68-71H2,1-11H3,(H,108,125)(H,109,117)(H,110,118)(H,111,132)(H,112,124)(H,113,126)(H,128,129)(H,130,131)/b29-28-,73-65+/t82-,84+,90-,91-,92+,93-,94+,95+,102+/m0/s1. The summed E-state index contributed by atoms with van der Waals surface area (Å²) >= 11 is 0. The Kier molecular flexibility index (Phi) is 53.6. The molecule has 12 N–H and O–H groups in total. The van der Waals surface area contributed by atoms with E-state index in [0.717, 1.165) is 35.2 Å². The smallest absolute Gasteiger partial charge is 0.411 e. The molecular formula is C106H158N10O31. The predicted octanol–water partition coefficient (Wildman–Crippen LogP) is 6.64. The third kappa shape index (κ3) is 41.7. The second kappa shape index (κ2) is 64.8. The highest BCUT2D eigenvalue weighted by atomic mass is 16.7. The second-order valence-corrected chi connectivity index (χ2v) is 38.8. The Labute approximate surface area is 862 Å². The minimum Gasteiger partial charge on any atom is -0.479 e. The van der Waals surface area contributed by atoms with Crippen LogP contribution in [0.5, 0.6) is 5.75 Å². The summed E-state index contributed by atoms with van der Waals surface area (Å²) in [4.78, 5) is 155. The van der Waals surface area contributed by atoms with Crippen LogP contribution >= 0.6 is 0 Å². The van der Waals surface area contributed by atoms with E-state index in [-0.39, 0.29) is 105 Å². The van der Waals surface area contributed by atoms with Crippen molar-refractivity contribution in [3.8, 4) is 5.75 Å². The second-order valence-electron chi connectivity index (χ2n) is 38.8. The Balaban J connectivity index is 0.799. The van der Waals surface area contributed by atoms with E-state index in [0.29, 0.717) is 208 Å². The fourth-order valence-corrected chi connectivity index (χ4v) is 17.4. The number of fused-ring (bicyclic) bond motifs is 2. The minimum atomic E-state index is -2.05. The van der Waals surface area contributed by atoms with Gasteiger partial charge in [-0.05, 0) is 140 Å². The number of ether oxygens (including phenoxy) is 15. The van der Waals surface area contributed by atoms with Crippen LogP contribution in [-0.4, -0.2) is 355 Å². The first-order chi connectivity index (χ1) is 70.5. The van der Waals surface area contributed by atoms with Crippen molar-refractivity contribution >= 4 is 88.8 Å². The average Bonchev–Trinajstić information content (AvgIpc) is 0.826. The van der Waals surface area contributed by atoms with Crippen LogP contribution in [0.15, 0.2) is 103 Å². The lowest BCUT2D eigenvalue weighted by Crippen LogP contribution is -2.61. The number of piperidine rings is 1. The predicted molar refractivity (Wildman–Crippen MR) is 543 cm³/mol. The van der Waals surface area contributed by atoms with Crippen molar-refractivity contribution in [2.75, 3.05) is 210 Å². The molecule has 41 heteroatoms. The van der Waals surface area contributed by atoms with Crippen molar-refractivity contribution < 1.29 is 149 Å². The molecule has 818 valence electrons. The van der Waals surface area contributed by atoms with E-state index in [2.05, 4.69) is 43.3 Å². The Hall–Kier alpha value is -10.6. The molecule has 4 aromatic rings. The van der Waals surface area contributed by atoms with Crippen LogP contribution in [0.1, 0.15) is 166 Å². The molecule has 147 heavy (non-hydrogen) atoms. The number of benzene rings is 4. The van der Waals surface area contributed by atoms with Gasteiger partial charge in [-0.25, -0.2) is 14.4 Å². The fourth-order valence-electron chi connectivity index (χ4n) is 17.4. The molecule has 1 aliphatic carbocycles. The molecule has 3 aliphatic heterocycles.